The molecule has 3 nitrogen and oxygen atoms in total. The number of nitrogens with zero attached hydrogens (tertiary/aromatic N) is 1. The van der Waals surface area contributed by atoms with Crippen molar-refractivity contribution in [3.05, 3.63) is 41.7 Å². The summed E-state index contributed by atoms with van der Waals surface area (Å²) in [6.07, 6.45) is -2.15. The second-order valence-corrected chi connectivity index (χ2v) is 3.42. The first kappa shape index (κ1) is 11.4. The average Bonchev–Trinajstić information content (AvgIpc) is 2.26. The van der Waals surface area contributed by atoms with Gasteiger partial charge in [-0.15, -0.1) is 0 Å². The van der Waals surface area contributed by atoms with Crippen LogP contribution in [0.25, 0.3) is 10.8 Å². The van der Waals surface area contributed by atoms with Gasteiger partial charge in [0.2, 0.25) is 0 Å². The molecule has 1 aromatic heterocycles. The Hall–Kier alpha value is -2.11. The Balaban J connectivity index is 2.83. The minimum Gasteiger partial charge on any atom is -0.478 e. The van der Waals surface area contributed by atoms with Crippen molar-refractivity contribution in [1.29, 1.82) is 0 Å². The molecule has 0 aliphatic rings. The van der Waals surface area contributed by atoms with Crippen molar-refractivity contribution in [3.8, 4) is 0 Å². The summed E-state index contributed by atoms with van der Waals surface area (Å²) < 4.78 is 38.2. The summed E-state index contributed by atoms with van der Waals surface area (Å²) in [6, 6.07) is 3.01. The minimum atomic E-state index is -4.59. The second-order valence-electron chi connectivity index (χ2n) is 3.42. The standard InChI is InChI=1S/C11H6F3NO2/c12-11(13,14)9-4-6(10(16)17)3-7-5-15-2-1-8(7)9/h1-5H,(H,16,17). The number of pyridine rings is 1. The maximum absolute atomic E-state index is 12.7. The number of halogens is 3. The van der Waals surface area contributed by atoms with Gasteiger partial charge < -0.3 is 5.11 Å². The van der Waals surface area contributed by atoms with E-state index in [-0.39, 0.29) is 10.8 Å². The van der Waals surface area contributed by atoms with Crippen LogP contribution in [0.2, 0.25) is 0 Å². The van der Waals surface area contributed by atoms with Crippen LogP contribution in [-0.4, -0.2) is 16.1 Å². The topological polar surface area (TPSA) is 50.2 Å². The third-order valence-corrected chi connectivity index (χ3v) is 2.31. The number of fused-ring (bicyclic) bond motifs is 1. The zero-order valence-electron chi connectivity index (χ0n) is 8.32. The molecule has 0 aliphatic carbocycles. The summed E-state index contributed by atoms with van der Waals surface area (Å²) in [7, 11) is 0. The molecule has 2 rings (SSSR count). The number of carboxylic acids is 1. The molecule has 1 heterocycles. The van der Waals surface area contributed by atoms with Gasteiger partial charge >= 0.3 is 12.1 Å². The molecule has 0 spiro atoms. The molecule has 0 aliphatic heterocycles. The molecular formula is C11H6F3NO2. The quantitative estimate of drug-likeness (QED) is 0.835. The molecule has 0 radical (unpaired) electrons. The largest absolute Gasteiger partial charge is 0.478 e. The number of benzene rings is 1. The van der Waals surface area contributed by atoms with E-state index in [4.69, 9.17) is 5.11 Å². The van der Waals surface area contributed by atoms with Crippen LogP contribution in [0.4, 0.5) is 13.2 Å². The van der Waals surface area contributed by atoms with Crippen molar-refractivity contribution in [2.24, 2.45) is 0 Å². The third kappa shape index (κ3) is 2.06. The van der Waals surface area contributed by atoms with Crippen molar-refractivity contribution in [3.63, 3.8) is 0 Å². The van der Waals surface area contributed by atoms with Crippen molar-refractivity contribution < 1.29 is 23.1 Å². The first-order chi connectivity index (χ1) is 7.89. The Morgan fingerprint density at radius 3 is 2.59 bits per heavy atom. The van der Waals surface area contributed by atoms with Crippen molar-refractivity contribution in [2.45, 2.75) is 6.18 Å². The van der Waals surface area contributed by atoms with E-state index in [1.807, 2.05) is 0 Å². The number of alkyl halides is 3. The fraction of sp³-hybridized carbons (Fsp3) is 0.0909. The van der Waals surface area contributed by atoms with Gasteiger partial charge in [-0.25, -0.2) is 4.79 Å². The molecule has 1 N–H and O–H groups in total. The van der Waals surface area contributed by atoms with Crippen LogP contribution < -0.4 is 0 Å². The van der Waals surface area contributed by atoms with Gasteiger partial charge in [-0.2, -0.15) is 13.2 Å². The van der Waals surface area contributed by atoms with Crippen LogP contribution >= 0.6 is 0 Å². The Morgan fingerprint density at radius 2 is 2.00 bits per heavy atom. The maximum Gasteiger partial charge on any atom is 0.417 e. The predicted molar refractivity (Wildman–Crippen MR) is 53.7 cm³/mol. The molecule has 0 fully saturated rings. The zero-order chi connectivity index (χ0) is 12.6. The van der Waals surface area contributed by atoms with Gasteiger partial charge in [0.05, 0.1) is 11.1 Å². The molecule has 1 aromatic carbocycles. The summed E-state index contributed by atoms with van der Waals surface area (Å²) in [6.45, 7) is 0. The number of carboxylic acid groups (broad SMARTS) is 1. The number of carbonyl (C=O) groups is 1. The smallest absolute Gasteiger partial charge is 0.417 e. The molecule has 0 atom stereocenters. The molecule has 88 valence electrons. The lowest BCUT2D eigenvalue weighted by Crippen LogP contribution is -2.08. The van der Waals surface area contributed by atoms with E-state index in [0.29, 0.717) is 6.07 Å². The fourth-order valence-electron chi connectivity index (χ4n) is 1.57. The van der Waals surface area contributed by atoms with Gasteiger partial charge in [-0.05, 0) is 23.6 Å². The molecule has 0 amide bonds. The zero-order valence-corrected chi connectivity index (χ0v) is 8.32. The highest BCUT2D eigenvalue weighted by molar-refractivity contribution is 5.96. The molecule has 0 unspecified atom stereocenters. The van der Waals surface area contributed by atoms with E-state index in [1.54, 1.807) is 0 Å². The van der Waals surface area contributed by atoms with E-state index in [2.05, 4.69) is 4.98 Å². The number of aromatic carboxylic acids is 1. The molecule has 2 aromatic rings. The van der Waals surface area contributed by atoms with Crippen LogP contribution in [0.15, 0.2) is 30.6 Å². The number of aromatic nitrogens is 1. The highest BCUT2D eigenvalue weighted by Gasteiger charge is 2.33. The summed E-state index contributed by atoms with van der Waals surface area (Å²) in [5.41, 5.74) is -1.37. The highest BCUT2D eigenvalue weighted by Crippen LogP contribution is 2.35. The van der Waals surface area contributed by atoms with Gasteiger partial charge in [-0.3, -0.25) is 4.98 Å². The Labute approximate surface area is 93.5 Å². The summed E-state index contributed by atoms with van der Waals surface area (Å²) in [5.74, 6) is -1.40. The maximum atomic E-state index is 12.7. The van der Waals surface area contributed by atoms with E-state index in [9.17, 15) is 18.0 Å². The lowest BCUT2D eigenvalue weighted by atomic mass is 10.0. The van der Waals surface area contributed by atoms with Gasteiger partial charge in [0.1, 0.15) is 0 Å². The Morgan fingerprint density at radius 1 is 1.29 bits per heavy atom. The normalized spacial score (nSPS) is 11.7. The minimum absolute atomic E-state index is 0.0579. The molecule has 17 heavy (non-hydrogen) atoms. The van der Waals surface area contributed by atoms with E-state index >= 15 is 0 Å². The van der Waals surface area contributed by atoms with Crippen LogP contribution in [0.1, 0.15) is 15.9 Å². The molecular weight excluding hydrogens is 235 g/mol. The SMILES string of the molecule is O=C(O)c1cc(C(F)(F)F)c2ccncc2c1. The lowest BCUT2D eigenvalue weighted by Gasteiger charge is -2.11. The average molecular weight is 241 g/mol. The summed E-state index contributed by atoms with van der Waals surface area (Å²) in [5, 5.41) is 8.84. The molecule has 0 bridgehead atoms. The van der Waals surface area contributed by atoms with Gasteiger partial charge in [-0.1, -0.05) is 0 Å². The number of hydrogen-bond acceptors (Lipinski definition) is 2. The first-order valence-electron chi connectivity index (χ1n) is 4.58. The van der Waals surface area contributed by atoms with Crippen molar-refractivity contribution in [2.75, 3.05) is 0 Å². The van der Waals surface area contributed by atoms with Gasteiger partial charge in [0.25, 0.3) is 0 Å². The van der Waals surface area contributed by atoms with Crippen LogP contribution in [-0.2, 0) is 6.18 Å². The molecule has 0 saturated heterocycles. The van der Waals surface area contributed by atoms with Crippen LogP contribution in [0.3, 0.4) is 0 Å². The Kier molecular flexibility index (Phi) is 2.49. The van der Waals surface area contributed by atoms with E-state index in [0.717, 1.165) is 0 Å². The fourth-order valence-corrected chi connectivity index (χ4v) is 1.57. The summed E-state index contributed by atoms with van der Waals surface area (Å²) >= 11 is 0. The monoisotopic (exact) mass is 241 g/mol. The summed E-state index contributed by atoms with van der Waals surface area (Å²) in [4.78, 5) is 14.4. The van der Waals surface area contributed by atoms with Gasteiger partial charge in [0.15, 0.2) is 0 Å². The van der Waals surface area contributed by atoms with E-state index in [1.165, 1.54) is 24.5 Å². The molecule has 0 saturated carbocycles. The highest BCUT2D eigenvalue weighted by atomic mass is 19.4. The van der Waals surface area contributed by atoms with E-state index < -0.39 is 23.3 Å². The second kappa shape index (κ2) is 3.73. The molecule has 6 heteroatoms. The lowest BCUT2D eigenvalue weighted by molar-refractivity contribution is -0.136. The number of rotatable bonds is 1. The van der Waals surface area contributed by atoms with Crippen LogP contribution in [0, 0.1) is 0 Å². The predicted octanol–water partition coefficient (Wildman–Crippen LogP) is 2.95. The van der Waals surface area contributed by atoms with Crippen molar-refractivity contribution >= 4 is 16.7 Å². The van der Waals surface area contributed by atoms with Gasteiger partial charge in [0, 0.05) is 17.8 Å². The van der Waals surface area contributed by atoms with Crippen molar-refractivity contribution in [1.82, 2.24) is 4.98 Å². The Bertz CT molecular complexity index is 593. The third-order valence-electron chi connectivity index (χ3n) is 2.31. The first-order valence-corrected chi connectivity index (χ1v) is 4.58. The van der Waals surface area contributed by atoms with Crippen LogP contribution in [0.5, 0.6) is 0 Å². The number of hydrogen-bond donors (Lipinski definition) is 1.